The zero-order valence-corrected chi connectivity index (χ0v) is 13.3. The molecular formula is C16H17N3O3S. The smallest absolute Gasteiger partial charge is 0.224 e. The third-order valence-corrected chi connectivity index (χ3v) is 5.61. The van der Waals surface area contributed by atoms with Gasteiger partial charge in [-0.1, -0.05) is 30.3 Å². The van der Waals surface area contributed by atoms with Crippen molar-refractivity contribution in [3.05, 3.63) is 42.7 Å². The Bertz CT molecular complexity index is 789. The van der Waals surface area contributed by atoms with Crippen LogP contribution in [0.2, 0.25) is 0 Å². The van der Waals surface area contributed by atoms with Gasteiger partial charge in [0.25, 0.3) is 0 Å². The van der Waals surface area contributed by atoms with Crippen LogP contribution in [0.15, 0.2) is 42.7 Å². The van der Waals surface area contributed by atoms with E-state index in [2.05, 4.69) is 15.3 Å². The molecule has 3 rings (SSSR count). The SMILES string of the molecule is O=C(CC1CCS(=O)(=O)C1)Nc1cnc(-c2ccccc2)nc1. The third-order valence-electron chi connectivity index (χ3n) is 3.77. The van der Waals surface area contributed by atoms with E-state index < -0.39 is 9.84 Å². The summed E-state index contributed by atoms with van der Waals surface area (Å²) in [7, 11) is -2.95. The molecule has 1 unspecified atom stereocenters. The van der Waals surface area contributed by atoms with Gasteiger partial charge in [-0.05, 0) is 12.3 Å². The highest BCUT2D eigenvalue weighted by Crippen LogP contribution is 2.22. The third kappa shape index (κ3) is 4.13. The molecule has 1 atom stereocenters. The highest BCUT2D eigenvalue weighted by molar-refractivity contribution is 7.91. The summed E-state index contributed by atoms with van der Waals surface area (Å²) in [5, 5.41) is 2.72. The Balaban J connectivity index is 1.59. The number of hydrogen-bond acceptors (Lipinski definition) is 5. The van der Waals surface area contributed by atoms with Crippen molar-refractivity contribution in [3.63, 3.8) is 0 Å². The van der Waals surface area contributed by atoms with Gasteiger partial charge in [-0.3, -0.25) is 4.79 Å². The molecule has 1 aromatic heterocycles. The Hall–Kier alpha value is -2.28. The first-order valence-corrected chi connectivity index (χ1v) is 9.22. The second kappa shape index (κ2) is 6.45. The molecule has 0 aliphatic carbocycles. The van der Waals surface area contributed by atoms with Crippen molar-refractivity contribution in [2.24, 2.45) is 5.92 Å². The van der Waals surface area contributed by atoms with Gasteiger partial charge in [0, 0.05) is 12.0 Å². The molecule has 23 heavy (non-hydrogen) atoms. The summed E-state index contributed by atoms with van der Waals surface area (Å²) in [4.78, 5) is 20.4. The van der Waals surface area contributed by atoms with Crippen LogP contribution in [-0.4, -0.2) is 35.8 Å². The van der Waals surface area contributed by atoms with Gasteiger partial charge in [-0.25, -0.2) is 18.4 Å². The fourth-order valence-corrected chi connectivity index (χ4v) is 4.50. The Labute approximate surface area is 134 Å². The fourth-order valence-electron chi connectivity index (χ4n) is 2.64. The lowest BCUT2D eigenvalue weighted by Gasteiger charge is -2.08. The number of hydrogen-bond donors (Lipinski definition) is 1. The Morgan fingerprint density at radius 1 is 1.17 bits per heavy atom. The standard InChI is InChI=1S/C16H17N3O3S/c20-15(8-12-6-7-23(21,22)11-12)19-14-9-17-16(18-10-14)13-4-2-1-3-5-13/h1-5,9-10,12H,6-8,11H2,(H,19,20). The van der Waals surface area contributed by atoms with E-state index in [1.165, 1.54) is 0 Å². The molecule has 120 valence electrons. The van der Waals surface area contributed by atoms with Crippen LogP contribution in [0.5, 0.6) is 0 Å². The van der Waals surface area contributed by atoms with Gasteiger partial charge in [0.05, 0.1) is 29.6 Å². The normalized spacial score (nSPS) is 19.4. The number of rotatable bonds is 4. The predicted molar refractivity (Wildman–Crippen MR) is 87.5 cm³/mol. The Kier molecular flexibility index (Phi) is 4.38. The Morgan fingerprint density at radius 3 is 2.48 bits per heavy atom. The maximum atomic E-state index is 12.0. The number of carbonyl (C=O) groups excluding carboxylic acids is 1. The topological polar surface area (TPSA) is 89.0 Å². The molecule has 7 heteroatoms. The van der Waals surface area contributed by atoms with Crippen molar-refractivity contribution in [1.29, 1.82) is 0 Å². The Morgan fingerprint density at radius 2 is 1.87 bits per heavy atom. The number of carbonyl (C=O) groups is 1. The molecule has 2 aromatic rings. The summed E-state index contributed by atoms with van der Waals surface area (Å²) in [5.74, 6) is 0.571. The number of benzene rings is 1. The summed E-state index contributed by atoms with van der Waals surface area (Å²) >= 11 is 0. The van der Waals surface area contributed by atoms with E-state index in [-0.39, 0.29) is 29.8 Å². The molecule has 1 saturated heterocycles. The van der Waals surface area contributed by atoms with Gasteiger partial charge < -0.3 is 5.32 Å². The largest absolute Gasteiger partial charge is 0.323 e. The second-order valence-electron chi connectivity index (χ2n) is 5.68. The number of nitrogens with zero attached hydrogens (tertiary/aromatic N) is 2. The molecule has 2 heterocycles. The lowest BCUT2D eigenvalue weighted by molar-refractivity contribution is -0.116. The molecule has 1 aliphatic rings. The second-order valence-corrected chi connectivity index (χ2v) is 7.91. The molecule has 0 radical (unpaired) electrons. The fraction of sp³-hybridized carbons (Fsp3) is 0.312. The molecule has 0 saturated carbocycles. The van der Waals surface area contributed by atoms with Crippen LogP contribution < -0.4 is 5.32 Å². The van der Waals surface area contributed by atoms with Crippen molar-refractivity contribution in [2.75, 3.05) is 16.8 Å². The maximum Gasteiger partial charge on any atom is 0.224 e. The van der Waals surface area contributed by atoms with Gasteiger partial charge in [-0.15, -0.1) is 0 Å². The summed E-state index contributed by atoms with van der Waals surface area (Å²) in [5.41, 5.74) is 1.41. The van der Waals surface area contributed by atoms with Crippen LogP contribution >= 0.6 is 0 Å². The van der Waals surface area contributed by atoms with Crippen molar-refractivity contribution >= 4 is 21.4 Å². The van der Waals surface area contributed by atoms with Crippen molar-refractivity contribution in [1.82, 2.24) is 9.97 Å². The van der Waals surface area contributed by atoms with Crippen molar-refractivity contribution in [2.45, 2.75) is 12.8 Å². The summed E-state index contributed by atoms with van der Waals surface area (Å²) < 4.78 is 22.8. The molecule has 0 bridgehead atoms. The lowest BCUT2D eigenvalue weighted by atomic mass is 10.1. The summed E-state index contributed by atoms with van der Waals surface area (Å²) in [6.45, 7) is 0. The van der Waals surface area contributed by atoms with E-state index >= 15 is 0 Å². The van der Waals surface area contributed by atoms with Crippen LogP contribution in [0, 0.1) is 5.92 Å². The first-order chi connectivity index (χ1) is 11.0. The average Bonchev–Trinajstić information content (AvgIpc) is 2.87. The zero-order chi connectivity index (χ0) is 16.3. The van der Waals surface area contributed by atoms with Crippen molar-refractivity contribution in [3.8, 4) is 11.4 Å². The molecule has 1 amide bonds. The van der Waals surface area contributed by atoms with E-state index in [9.17, 15) is 13.2 Å². The first kappa shape index (κ1) is 15.6. The zero-order valence-electron chi connectivity index (χ0n) is 12.5. The molecule has 0 spiro atoms. The molecule has 1 aromatic carbocycles. The first-order valence-electron chi connectivity index (χ1n) is 7.39. The van der Waals surface area contributed by atoms with Gasteiger partial charge >= 0.3 is 0 Å². The molecule has 1 aliphatic heterocycles. The highest BCUT2D eigenvalue weighted by Gasteiger charge is 2.29. The van der Waals surface area contributed by atoms with Crippen LogP contribution in [0.3, 0.4) is 0 Å². The van der Waals surface area contributed by atoms with Crippen LogP contribution in [0.4, 0.5) is 5.69 Å². The number of nitrogens with one attached hydrogen (secondary N) is 1. The number of aromatic nitrogens is 2. The minimum absolute atomic E-state index is 0.0930. The summed E-state index contributed by atoms with van der Waals surface area (Å²) in [6.07, 6.45) is 3.87. The average molecular weight is 331 g/mol. The summed E-state index contributed by atoms with van der Waals surface area (Å²) in [6, 6.07) is 9.55. The van der Waals surface area contributed by atoms with E-state index in [0.29, 0.717) is 17.9 Å². The van der Waals surface area contributed by atoms with E-state index in [4.69, 9.17) is 0 Å². The van der Waals surface area contributed by atoms with Gasteiger partial charge in [0.2, 0.25) is 5.91 Å². The van der Waals surface area contributed by atoms with Crippen LogP contribution in [-0.2, 0) is 14.6 Å². The quantitative estimate of drug-likeness (QED) is 0.924. The number of anilines is 1. The minimum atomic E-state index is -2.95. The highest BCUT2D eigenvalue weighted by atomic mass is 32.2. The van der Waals surface area contributed by atoms with Crippen LogP contribution in [0.1, 0.15) is 12.8 Å². The molecular weight excluding hydrogens is 314 g/mol. The number of sulfone groups is 1. The van der Waals surface area contributed by atoms with E-state index in [1.807, 2.05) is 30.3 Å². The molecule has 1 N–H and O–H groups in total. The van der Waals surface area contributed by atoms with Crippen LogP contribution in [0.25, 0.3) is 11.4 Å². The maximum absolute atomic E-state index is 12.0. The van der Waals surface area contributed by atoms with Gasteiger partial charge in [-0.2, -0.15) is 0 Å². The lowest BCUT2D eigenvalue weighted by Crippen LogP contribution is -2.17. The van der Waals surface area contributed by atoms with Crippen molar-refractivity contribution < 1.29 is 13.2 Å². The van der Waals surface area contributed by atoms with Gasteiger partial charge in [0.1, 0.15) is 0 Å². The van der Waals surface area contributed by atoms with E-state index in [0.717, 1.165) is 5.56 Å². The predicted octanol–water partition coefficient (Wildman–Crippen LogP) is 1.91. The molecule has 6 nitrogen and oxygen atoms in total. The minimum Gasteiger partial charge on any atom is -0.323 e. The monoisotopic (exact) mass is 331 g/mol. The molecule has 1 fully saturated rings. The van der Waals surface area contributed by atoms with Gasteiger partial charge in [0.15, 0.2) is 15.7 Å². The number of amides is 1. The van der Waals surface area contributed by atoms with E-state index in [1.54, 1.807) is 12.4 Å².